The summed E-state index contributed by atoms with van der Waals surface area (Å²) in [7, 11) is -1.98. The van der Waals surface area contributed by atoms with Crippen molar-refractivity contribution in [3.63, 3.8) is 0 Å². The summed E-state index contributed by atoms with van der Waals surface area (Å²) in [5, 5.41) is 2.48. The zero-order chi connectivity index (χ0) is 16.8. The second kappa shape index (κ2) is 8.14. The smallest absolute Gasteiger partial charge is 0.260 e. The predicted octanol–water partition coefficient (Wildman–Crippen LogP) is 1.52. The molecule has 1 aromatic rings. The van der Waals surface area contributed by atoms with Crippen LogP contribution >= 0.6 is 0 Å². The van der Waals surface area contributed by atoms with Gasteiger partial charge in [-0.2, -0.15) is 0 Å². The van der Waals surface area contributed by atoms with Gasteiger partial charge in [-0.1, -0.05) is 13.8 Å². The lowest BCUT2D eigenvalue weighted by Crippen LogP contribution is -2.33. The fraction of sp³-hybridized carbons (Fsp3) is 0.533. The van der Waals surface area contributed by atoms with E-state index in [1.807, 2.05) is 13.8 Å². The summed E-state index contributed by atoms with van der Waals surface area (Å²) in [6.07, 6.45) is 0.140. The van der Waals surface area contributed by atoms with Crippen LogP contribution in [0, 0.1) is 5.92 Å². The van der Waals surface area contributed by atoms with E-state index in [2.05, 4.69) is 10.0 Å². The van der Waals surface area contributed by atoms with Crippen molar-refractivity contribution in [2.75, 3.05) is 13.6 Å². The minimum atomic E-state index is -3.51. The number of amides is 1. The Morgan fingerprint density at radius 1 is 1.18 bits per heavy atom. The Kier molecular flexibility index (Phi) is 6.83. The summed E-state index contributed by atoms with van der Waals surface area (Å²) in [6.45, 7) is 6.10. The monoisotopic (exact) mass is 328 g/mol. The number of nitrogens with one attached hydrogen (secondary N) is 2. The van der Waals surface area contributed by atoms with Gasteiger partial charge in [0.2, 0.25) is 10.0 Å². The normalized spacial score (nSPS) is 13.0. The highest BCUT2D eigenvalue weighted by Gasteiger charge is 2.15. The Balaban J connectivity index is 2.69. The van der Waals surface area contributed by atoms with Crippen molar-refractivity contribution < 1.29 is 17.9 Å². The molecule has 0 aliphatic heterocycles. The molecule has 1 atom stereocenters. The van der Waals surface area contributed by atoms with Crippen molar-refractivity contribution >= 4 is 15.9 Å². The highest BCUT2D eigenvalue weighted by atomic mass is 32.2. The van der Waals surface area contributed by atoms with Crippen LogP contribution in [0.25, 0.3) is 0 Å². The molecule has 0 saturated carbocycles. The fourth-order valence-corrected chi connectivity index (χ4v) is 2.77. The van der Waals surface area contributed by atoms with Crippen molar-refractivity contribution in [1.82, 2.24) is 10.0 Å². The first-order valence-corrected chi connectivity index (χ1v) is 8.72. The van der Waals surface area contributed by atoms with Gasteiger partial charge in [0.25, 0.3) is 5.91 Å². The Bertz CT molecular complexity index is 582. The van der Waals surface area contributed by atoms with Gasteiger partial charge in [0, 0.05) is 13.6 Å². The predicted molar refractivity (Wildman–Crippen MR) is 85.2 cm³/mol. The zero-order valence-electron chi connectivity index (χ0n) is 13.4. The van der Waals surface area contributed by atoms with Gasteiger partial charge in [-0.05, 0) is 43.5 Å². The van der Waals surface area contributed by atoms with Gasteiger partial charge in [0.15, 0.2) is 6.10 Å². The molecule has 0 saturated heterocycles. The molecule has 7 heteroatoms. The third-order valence-corrected chi connectivity index (χ3v) is 4.55. The first-order chi connectivity index (χ1) is 10.3. The summed E-state index contributed by atoms with van der Waals surface area (Å²) in [5.74, 6) is 0.633. The molecule has 0 bridgehead atoms. The molecule has 0 fully saturated rings. The molecular formula is C15H24N2O4S. The molecule has 0 aliphatic rings. The molecule has 1 aromatic carbocycles. The Morgan fingerprint density at radius 2 is 1.77 bits per heavy atom. The number of benzene rings is 1. The van der Waals surface area contributed by atoms with Crippen LogP contribution in [0.15, 0.2) is 29.2 Å². The summed E-state index contributed by atoms with van der Waals surface area (Å²) in [4.78, 5) is 11.6. The van der Waals surface area contributed by atoms with Crippen LogP contribution in [0.3, 0.4) is 0 Å². The molecule has 0 heterocycles. The SMILES string of the molecule is CNC(=O)[C@@H](C)Oc1ccc(S(=O)(=O)NCCC(C)C)cc1. The highest BCUT2D eigenvalue weighted by molar-refractivity contribution is 7.89. The van der Waals surface area contributed by atoms with E-state index < -0.39 is 16.1 Å². The van der Waals surface area contributed by atoms with Crippen LogP contribution < -0.4 is 14.8 Å². The van der Waals surface area contributed by atoms with E-state index in [0.29, 0.717) is 18.2 Å². The molecule has 1 amide bonds. The number of carbonyl (C=O) groups is 1. The second-order valence-electron chi connectivity index (χ2n) is 5.43. The van der Waals surface area contributed by atoms with Gasteiger partial charge < -0.3 is 10.1 Å². The van der Waals surface area contributed by atoms with Crippen LogP contribution in [-0.4, -0.2) is 34.0 Å². The minimum Gasteiger partial charge on any atom is -0.481 e. The zero-order valence-corrected chi connectivity index (χ0v) is 14.2. The van der Waals surface area contributed by atoms with Crippen molar-refractivity contribution in [3.05, 3.63) is 24.3 Å². The van der Waals surface area contributed by atoms with Crippen molar-refractivity contribution in [2.45, 2.75) is 38.2 Å². The Labute approximate surface area is 132 Å². The van der Waals surface area contributed by atoms with Crippen LogP contribution in [0.2, 0.25) is 0 Å². The third-order valence-electron chi connectivity index (χ3n) is 3.08. The summed E-state index contributed by atoms with van der Waals surface area (Å²) in [5.41, 5.74) is 0. The summed E-state index contributed by atoms with van der Waals surface area (Å²) in [6, 6.07) is 6.00. The number of sulfonamides is 1. The van der Waals surface area contributed by atoms with Gasteiger partial charge in [-0.15, -0.1) is 0 Å². The lowest BCUT2D eigenvalue weighted by Gasteiger charge is -2.13. The van der Waals surface area contributed by atoms with E-state index in [-0.39, 0.29) is 10.8 Å². The van der Waals surface area contributed by atoms with Gasteiger partial charge in [-0.25, -0.2) is 13.1 Å². The maximum Gasteiger partial charge on any atom is 0.260 e. The molecule has 0 aromatic heterocycles. The Morgan fingerprint density at radius 3 is 2.27 bits per heavy atom. The molecule has 22 heavy (non-hydrogen) atoms. The van der Waals surface area contributed by atoms with Gasteiger partial charge in [-0.3, -0.25) is 4.79 Å². The maximum atomic E-state index is 12.1. The average Bonchev–Trinajstić information content (AvgIpc) is 2.46. The van der Waals surface area contributed by atoms with E-state index in [4.69, 9.17) is 4.74 Å². The molecule has 0 radical (unpaired) electrons. The van der Waals surface area contributed by atoms with Gasteiger partial charge in [0.1, 0.15) is 5.75 Å². The second-order valence-corrected chi connectivity index (χ2v) is 7.19. The van der Waals surface area contributed by atoms with Crippen LogP contribution in [0.1, 0.15) is 27.2 Å². The van der Waals surface area contributed by atoms with Gasteiger partial charge >= 0.3 is 0 Å². The number of ether oxygens (including phenoxy) is 1. The standard InChI is InChI=1S/C15H24N2O4S/c1-11(2)9-10-17-22(19,20)14-7-5-13(6-8-14)21-12(3)15(18)16-4/h5-8,11-12,17H,9-10H2,1-4H3,(H,16,18)/t12-/m1/s1. The molecule has 6 nitrogen and oxygen atoms in total. The van der Waals surface area contributed by atoms with Crippen molar-refractivity contribution in [2.24, 2.45) is 5.92 Å². The van der Waals surface area contributed by atoms with E-state index in [1.165, 1.54) is 31.3 Å². The molecule has 0 unspecified atom stereocenters. The first-order valence-electron chi connectivity index (χ1n) is 7.24. The summed E-state index contributed by atoms with van der Waals surface area (Å²) < 4.78 is 32.2. The van der Waals surface area contributed by atoms with Crippen LogP contribution in [0.5, 0.6) is 5.75 Å². The van der Waals surface area contributed by atoms with Crippen LogP contribution in [-0.2, 0) is 14.8 Å². The van der Waals surface area contributed by atoms with Gasteiger partial charge in [0.05, 0.1) is 4.90 Å². The van der Waals surface area contributed by atoms with Crippen molar-refractivity contribution in [1.29, 1.82) is 0 Å². The molecule has 0 aliphatic carbocycles. The first kappa shape index (κ1) is 18.4. The van der Waals surface area contributed by atoms with E-state index >= 15 is 0 Å². The topological polar surface area (TPSA) is 84.5 Å². The quantitative estimate of drug-likeness (QED) is 0.758. The lowest BCUT2D eigenvalue weighted by molar-refractivity contribution is -0.126. The maximum absolute atomic E-state index is 12.1. The third kappa shape index (κ3) is 5.65. The molecule has 0 spiro atoms. The minimum absolute atomic E-state index is 0.177. The number of likely N-dealkylation sites (N-methyl/N-ethyl adjacent to an activating group) is 1. The largest absolute Gasteiger partial charge is 0.481 e. The Hall–Kier alpha value is -1.60. The molecular weight excluding hydrogens is 304 g/mol. The molecule has 2 N–H and O–H groups in total. The molecule has 1 rings (SSSR count). The summed E-state index contributed by atoms with van der Waals surface area (Å²) >= 11 is 0. The molecule has 124 valence electrons. The van der Waals surface area contributed by atoms with E-state index in [0.717, 1.165) is 6.42 Å². The van der Waals surface area contributed by atoms with E-state index in [1.54, 1.807) is 6.92 Å². The lowest BCUT2D eigenvalue weighted by atomic mass is 10.1. The van der Waals surface area contributed by atoms with Crippen LogP contribution in [0.4, 0.5) is 0 Å². The average molecular weight is 328 g/mol. The number of hydrogen-bond donors (Lipinski definition) is 2. The number of hydrogen-bond acceptors (Lipinski definition) is 4. The number of carbonyl (C=O) groups excluding carboxylic acids is 1. The van der Waals surface area contributed by atoms with E-state index in [9.17, 15) is 13.2 Å². The number of rotatable bonds is 8. The fourth-order valence-electron chi connectivity index (χ4n) is 1.72. The highest BCUT2D eigenvalue weighted by Crippen LogP contribution is 2.17. The van der Waals surface area contributed by atoms with Crippen molar-refractivity contribution in [3.8, 4) is 5.75 Å².